The van der Waals surface area contributed by atoms with Crippen molar-refractivity contribution in [1.82, 2.24) is 0 Å². The molecule has 0 spiro atoms. The fourth-order valence-corrected chi connectivity index (χ4v) is 8.37. The van der Waals surface area contributed by atoms with Crippen LogP contribution in [0.25, 0.3) is 0 Å². The Morgan fingerprint density at radius 2 is 0.709 bits per heavy atom. The van der Waals surface area contributed by atoms with Gasteiger partial charge in [-0.1, -0.05) is 127 Å². The van der Waals surface area contributed by atoms with Crippen LogP contribution in [0.1, 0.15) is 38.9 Å². The zero-order chi connectivity index (χ0) is 38.0. The lowest BCUT2D eigenvalue weighted by Gasteiger charge is -2.37. The highest BCUT2D eigenvalue weighted by molar-refractivity contribution is 7.43. The van der Waals surface area contributed by atoms with E-state index >= 15 is 0 Å². The first-order valence-electron chi connectivity index (χ1n) is 18.0. The van der Waals surface area contributed by atoms with Gasteiger partial charge < -0.3 is 22.6 Å². The molecule has 7 aromatic carbocycles. The Bertz CT molecular complexity index is 2180. The van der Waals surface area contributed by atoms with E-state index in [4.69, 9.17) is 27.1 Å². The van der Waals surface area contributed by atoms with Crippen molar-refractivity contribution in [1.29, 1.82) is 0 Å². The van der Waals surface area contributed by atoms with Gasteiger partial charge in [-0.3, -0.25) is 4.52 Å². The summed E-state index contributed by atoms with van der Waals surface area (Å²) in [5.74, 6) is 3.01. The molecule has 276 valence electrons. The van der Waals surface area contributed by atoms with Gasteiger partial charge in [0, 0.05) is 5.56 Å². The molecule has 0 bridgehead atoms. The predicted molar refractivity (Wildman–Crippen MR) is 222 cm³/mol. The molecule has 0 N–H and O–H groups in total. The molecule has 7 rings (SSSR count). The highest BCUT2D eigenvalue weighted by atomic mass is 31.2. The predicted octanol–water partition coefficient (Wildman–Crippen LogP) is 13.4. The highest BCUT2D eigenvalue weighted by Crippen LogP contribution is 2.56. The summed E-state index contributed by atoms with van der Waals surface area (Å²) >= 11 is 0. The quantitative estimate of drug-likeness (QED) is 0.0765. The molecule has 0 saturated carbocycles. The maximum atomic E-state index is 7.44. The Hall–Kier alpha value is -5.64. The lowest BCUT2D eigenvalue weighted by Crippen LogP contribution is -2.33. The number of benzene rings is 7. The standard InChI is InChI=1S/C47H42O6P2/c1-35-17-13-25-41(31-35)48-54(49-42-26-14-18-36(2)32-42)52-46-30-12-11-29-45(46)47(39-21-7-5-8-22-39,40-23-9-6-10-24-40)53-55(50-43-27-15-19-37(3)33-43)51-44-28-16-20-38(4)34-44/h5-34H,1-4H3. The van der Waals surface area contributed by atoms with Crippen LogP contribution in [0.15, 0.2) is 182 Å². The monoisotopic (exact) mass is 764 g/mol. The van der Waals surface area contributed by atoms with Crippen LogP contribution in [0.3, 0.4) is 0 Å². The lowest BCUT2D eigenvalue weighted by atomic mass is 9.80. The Morgan fingerprint density at radius 3 is 1.11 bits per heavy atom. The topological polar surface area (TPSA) is 55.4 Å². The van der Waals surface area contributed by atoms with Crippen LogP contribution in [0.4, 0.5) is 0 Å². The maximum Gasteiger partial charge on any atom is 0.530 e. The van der Waals surface area contributed by atoms with Gasteiger partial charge in [-0.2, -0.15) is 0 Å². The normalized spacial score (nSPS) is 11.3. The van der Waals surface area contributed by atoms with E-state index < -0.39 is 22.8 Å². The first-order valence-corrected chi connectivity index (χ1v) is 20.2. The molecular formula is C47H42O6P2. The van der Waals surface area contributed by atoms with Crippen LogP contribution in [0.2, 0.25) is 0 Å². The van der Waals surface area contributed by atoms with Gasteiger partial charge in [0.1, 0.15) is 28.7 Å². The molecule has 0 aliphatic heterocycles. The summed E-state index contributed by atoms with van der Waals surface area (Å²) < 4.78 is 40.8. The summed E-state index contributed by atoms with van der Waals surface area (Å²) in [5.41, 5.74) is 5.28. The SMILES string of the molecule is Cc1cccc(OP(Oc2cccc(C)c2)Oc2ccccc2C(OP(Oc2cccc(C)c2)Oc2cccc(C)c2)(c2ccccc2)c2ccccc2)c1. The summed E-state index contributed by atoms with van der Waals surface area (Å²) in [7, 11) is -4.16. The molecule has 0 aromatic heterocycles. The van der Waals surface area contributed by atoms with Gasteiger partial charge in [0.05, 0.1) is 0 Å². The van der Waals surface area contributed by atoms with Crippen LogP contribution in [0, 0.1) is 27.7 Å². The first-order chi connectivity index (χ1) is 26.8. The van der Waals surface area contributed by atoms with Crippen molar-refractivity contribution < 1.29 is 27.1 Å². The van der Waals surface area contributed by atoms with E-state index in [9.17, 15) is 0 Å². The second kappa shape index (κ2) is 17.7. The van der Waals surface area contributed by atoms with Gasteiger partial charge in [-0.05, 0) is 116 Å². The number of para-hydroxylation sites is 1. The van der Waals surface area contributed by atoms with E-state index in [-0.39, 0.29) is 0 Å². The number of rotatable bonds is 15. The molecule has 7 aromatic rings. The van der Waals surface area contributed by atoms with Crippen LogP contribution in [0.5, 0.6) is 28.7 Å². The lowest BCUT2D eigenvalue weighted by molar-refractivity contribution is 0.134. The fraction of sp³-hybridized carbons (Fsp3) is 0.106. The molecule has 0 unspecified atom stereocenters. The number of hydrogen-bond donors (Lipinski definition) is 0. The van der Waals surface area contributed by atoms with Gasteiger partial charge in [-0.15, -0.1) is 0 Å². The second-order valence-corrected chi connectivity index (χ2v) is 15.2. The second-order valence-electron chi connectivity index (χ2n) is 13.2. The minimum absolute atomic E-state index is 0.502. The largest absolute Gasteiger partial charge is 0.530 e. The van der Waals surface area contributed by atoms with Crippen LogP contribution < -0.4 is 22.6 Å². The molecule has 55 heavy (non-hydrogen) atoms. The molecule has 0 radical (unpaired) electrons. The van der Waals surface area contributed by atoms with Crippen LogP contribution in [-0.2, 0) is 10.1 Å². The minimum atomic E-state index is -2.13. The third-order valence-electron chi connectivity index (χ3n) is 8.69. The van der Waals surface area contributed by atoms with Crippen LogP contribution in [-0.4, -0.2) is 0 Å². The zero-order valence-electron chi connectivity index (χ0n) is 31.2. The van der Waals surface area contributed by atoms with Gasteiger partial charge in [0.2, 0.25) is 0 Å². The zero-order valence-corrected chi connectivity index (χ0v) is 33.0. The third kappa shape index (κ3) is 9.54. The van der Waals surface area contributed by atoms with Gasteiger partial charge in [0.15, 0.2) is 5.60 Å². The summed E-state index contributed by atoms with van der Waals surface area (Å²) in [4.78, 5) is 0. The fourth-order valence-electron chi connectivity index (χ4n) is 6.15. The molecule has 6 nitrogen and oxygen atoms in total. The molecular weight excluding hydrogens is 722 g/mol. The van der Waals surface area contributed by atoms with E-state index in [0.29, 0.717) is 34.3 Å². The Morgan fingerprint density at radius 1 is 0.345 bits per heavy atom. The highest BCUT2D eigenvalue weighted by Gasteiger charge is 2.45. The van der Waals surface area contributed by atoms with E-state index in [1.165, 1.54) is 0 Å². The van der Waals surface area contributed by atoms with Crippen molar-refractivity contribution in [2.45, 2.75) is 33.3 Å². The summed E-state index contributed by atoms with van der Waals surface area (Å²) in [5, 5.41) is 0. The van der Waals surface area contributed by atoms with Crippen molar-refractivity contribution in [2.75, 3.05) is 0 Å². The van der Waals surface area contributed by atoms with Crippen molar-refractivity contribution in [3.05, 3.63) is 221 Å². The van der Waals surface area contributed by atoms with Crippen molar-refractivity contribution in [2.24, 2.45) is 0 Å². The molecule has 0 fully saturated rings. The van der Waals surface area contributed by atoms with E-state index in [1.54, 1.807) is 0 Å². The Balaban J connectivity index is 1.39. The van der Waals surface area contributed by atoms with Crippen molar-refractivity contribution >= 4 is 17.2 Å². The molecule has 8 heteroatoms. The number of aryl methyl sites for hydroxylation is 4. The van der Waals surface area contributed by atoms with Crippen LogP contribution >= 0.6 is 17.2 Å². The summed E-state index contributed by atoms with van der Waals surface area (Å²) in [6.07, 6.45) is 0. The van der Waals surface area contributed by atoms with Gasteiger partial charge in [0.25, 0.3) is 0 Å². The molecule has 0 atom stereocenters. The third-order valence-corrected chi connectivity index (χ3v) is 10.9. The van der Waals surface area contributed by atoms with E-state index in [1.807, 2.05) is 210 Å². The Kier molecular flexibility index (Phi) is 12.1. The van der Waals surface area contributed by atoms with E-state index in [2.05, 4.69) is 0 Å². The molecule has 0 aliphatic rings. The average Bonchev–Trinajstić information content (AvgIpc) is 3.18. The number of hydrogen-bond acceptors (Lipinski definition) is 6. The maximum absolute atomic E-state index is 7.44. The smallest absolute Gasteiger partial charge is 0.418 e. The molecule has 0 heterocycles. The van der Waals surface area contributed by atoms with Gasteiger partial charge >= 0.3 is 17.2 Å². The van der Waals surface area contributed by atoms with Crippen molar-refractivity contribution in [3.8, 4) is 28.7 Å². The molecule has 0 amide bonds. The molecule has 0 saturated heterocycles. The van der Waals surface area contributed by atoms with Gasteiger partial charge in [-0.25, -0.2) is 0 Å². The Labute approximate surface area is 326 Å². The van der Waals surface area contributed by atoms with E-state index in [0.717, 1.165) is 33.4 Å². The summed E-state index contributed by atoms with van der Waals surface area (Å²) in [6.45, 7) is 8.10. The molecule has 0 aliphatic carbocycles. The minimum Gasteiger partial charge on any atom is -0.418 e. The first kappa shape index (κ1) is 37.7. The summed E-state index contributed by atoms with van der Waals surface area (Å²) in [6, 6.07) is 59.4. The average molecular weight is 765 g/mol. The van der Waals surface area contributed by atoms with Crippen molar-refractivity contribution in [3.63, 3.8) is 0 Å².